The van der Waals surface area contributed by atoms with Gasteiger partial charge in [-0.25, -0.2) is 22.2 Å². The summed E-state index contributed by atoms with van der Waals surface area (Å²) in [5, 5.41) is 19.7. The van der Waals surface area contributed by atoms with Gasteiger partial charge in [0.1, 0.15) is 11.4 Å². The molecule has 0 aromatic heterocycles. The summed E-state index contributed by atoms with van der Waals surface area (Å²) in [7, 11) is -7.28. The number of hydrogen-bond donors (Lipinski definition) is 4. The topological polar surface area (TPSA) is 136 Å². The van der Waals surface area contributed by atoms with Gasteiger partial charge in [-0.1, -0.05) is 18.9 Å². The number of aromatic hydroxyl groups is 1. The van der Waals surface area contributed by atoms with Crippen LogP contribution in [0.2, 0.25) is 0 Å². The number of nitrogens with zero attached hydrogens (tertiary/aromatic N) is 1. The molecule has 1 heterocycles. The van der Waals surface area contributed by atoms with Crippen LogP contribution in [0.4, 0.5) is 5.69 Å². The molecule has 1 fully saturated rings. The second kappa shape index (κ2) is 7.21. The predicted octanol–water partition coefficient (Wildman–Crippen LogP) is 1.05. The molecule has 4 N–H and O–H groups in total. The zero-order valence-electron chi connectivity index (χ0n) is 14.8. The number of anilines is 1. The first kappa shape index (κ1) is 19.8. The first-order valence-electron chi connectivity index (χ1n) is 8.57. The number of benzene rings is 1. The van der Waals surface area contributed by atoms with E-state index >= 15 is 0 Å². The van der Waals surface area contributed by atoms with Crippen molar-refractivity contribution in [3.8, 4) is 5.75 Å². The van der Waals surface area contributed by atoms with Crippen LogP contribution >= 0.6 is 0 Å². The van der Waals surface area contributed by atoms with Crippen molar-refractivity contribution in [1.29, 1.82) is 0 Å². The molecule has 0 spiro atoms. The summed E-state index contributed by atoms with van der Waals surface area (Å²) in [6.07, 6.45) is 6.29. The van der Waals surface area contributed by atoms with Gasteiger partial charge in [-0.2, -0.15) is 8.42 Å². The molecule has 2 unspecified atom stereocenters. The Bertz CT molecular complexity index is 958. The van der Waals surface area contributed by atoms with E-state index in [0.717, 1.165) is 48.0 Å². The Labute approximate surface area is 158 Å². The molecule has 1 aromatic rings. The standard InChI is InChI=1S/C16H23N3O6S2/c1-26(22,23)17-13-5-3-2-4-12(13)8-11-6-7-14(15(20)9-11)19-10-16(21)18-27(19,24)25/h6-7,9-10,12-13,17-18,20-21H,2-5,8H2,1H3. The van der Waals surface area contributed by atoms with Crippen molar-refractivity contribution in [2.45, 2.75) is 38.1 Å². The number of rotatable bonds is 5. The van der Waals surface area contributed by atoms with Crippen LogP contribution in [0.15, 0.2) is 30.3 Å². The summed E-state index contributed by atoms with van der Waals surface area (Å²) in [6, 6.07) is 4.47. The van der Waals surface area contributed by atoms with Crippen LogP contribution in [-0.4, -0.2) is 39.3 Å². The monoisotopic (exact) mass is 417 g/mol. The van der Waals surface area contributed by atoms with Crippen LogP contribution in [0.1, 0.15) is 31.2 Å². The average molecular weight is 418 g/mol. The van der Waals surface area contributed by atoms with E-state index in [1.165, 1.54) is 12.1 Å². The third-order valence-electron chi connectivity index (χ3n) is 4.78. The normalized spacial score (nSPS) is 25.1. The Morgan fingerprint density at radius 3 is 2.56 bits per heavy atom. The molecule has 2 atom stereocenters. The van der Waals surface area contributed by atoms with Crippen molar-refractivity contribution >= 4 is 25.9 Å². The van der Waals surface area contributed by atoms with Crippen LogP contribution in [0, 0.1) is 5.92 Å². The van der Waals surface area contributed by atoms with Crippen molar-refractivity contribution in [2.75, 3.05) is 10.6 Å². The molecule has 11 heteroatoms. The number of hydrogen-bond acceptors (Lipinski definition) is 6. The third kappa shape index (κ3) is 4.66. The fraction of sp³-hybridized carbons (Fsp3) is 0.500. The second-order valence-electron chi connectivity index (χ2n) is 6.99. The highest BCUT2D eigenvalue weighted by Gasteiger charge is 2.31. The summed E-state index contributed by atoms with van der Waals surface area (Å²) in [4.78, 5) is 0. The van der Waals surface area contributed by atoms with E-state index in [0.29, 0.717) is 6.42 Å². The summed E-state index contributed by atoms with van der Waals surface area (Å²) >= 11 is 0. The summed E-state index contributed by atoms with van der Waals surface area (Å²) < 4.78 is 52.4. The van der Waals surface area contributed by atoms with E-state index in [4.69, 9.17) is 0 Å². The van der Waals surface area contributed by atoms with Gasteiger partial charge in [0.25, 0.3) is 0 Å². The molecule has 1 saturated carbocycles. The lowest BCUT2D eigenvalue weighted by Gasteiger charge is -2.31. The molecule has 1 aliphatic carbocycles. The van der Waals surface area contributed by atoms with E-state index in [9.17, 15) is 27.0 Å². The lowest BCUT2D eigenvalue weighted by Crippen LogP contribution is -2.42. The van der Waals surface area contributed by atoms with E-state index in [2.05, 4.69) is 4.72 Å². The maximum Gasteiger partial charge on any atom is 0.330 e. The molecule has 9 nitrogen and oxygen atoms in total. The molecular formula is C16H23N3O6S2. The molecule has 150 valence electrons. The first-order valence-corrected chi connectivity index (χ1v) is 11.9. The van der Waals surface area contributed by atoms with Gasteiger partial charge < -0.3 is 10.2 Å². The maximum absolute atomic E-state index is 11.9. The molecule has 0 bridgehead atoms. The van der Waals surface area contributed by atoms with Gasteiger partial charge in [-0.3, -0.25) is 0 Å². The van der Waals surface area contributed by atoms with Crippen LogP contribution in [0.3, 0.4) is 0 Å². The van der Waals surface area contributed by atoms with Gasteiger partial charge in [0.15, 0.2) is 0 Å². The first-order chi connectivity index (χ1) is 12.5. The Morgan fingerprint density at radius 2 is 1.96 bits per heavy atom. The molecule has 2 aliphatic rings. The number of aliphatic hydroxyl groups is 1. The molecule has 0 radical (unpaired) electrons. The van der Waals surface area contributed by atoms with Gasteiger partial charge >= 0.3 is 10.2 Å². The Hall–Kier alpha value is -1.98. The van der Waals surface area contributed by atoms with Gasteiger partial charge in [-0.15, -0.1) is 0 Å². The van der Waals surface area contributed by atoms with Gasteiger partial charge in [0.05, 0.1) is 12.5 Å². The summed E-state index contributed by atoms with van der Waals surface area (Å²) in [6.45, 7) is 0. The van der Waals surface area contributed by atoms with Crippen molar-refractivity contribution < 1.29 is 27.0 Å². The van der Waals surface area contributed by atoms with Gasteiger partial charge in [-0.05, 0) is 42.9 Å². The molecule has 0 saturated heterocycles. The minimum absolute atomic E-state index is 0.0183. The minimum atomic E-state index is -3.98. The van der Waals surface area contributed by atoms with Crippen LogP contribution in [0.25, 0.3) is 0 Å². The average Bonchev–Trinajstić information content (AvgIpc) is 2.80. The zero-order valence-corrected chi connectivity index (χ0v) is 16.4. The Kier molecular flexibility index (Phi) is 5.28. The van der Waals surface area contributed by atoms with Crippen molar-refractivity contribution in [3.63, 3.8) is 0 Å². The fourth-order valence-electron chi connectivity index (χ4n) is 3.65. The lowest BCUT2D eigenvalue weighted by molar-refractivity contribution is 0.288. The van der Waals surface area contributed by atoms with E-state index < -0.39 is 26.1 Å². The zero-order chi connectivity index (χ0) is 19.8. The second-order valence-corrected chi connectivity index (χ2v) is 10.3. The number of sulfonamides is 1. The number of phenolic OH excluding ortho intramolecular Hbond substituents is 1. The van der Waals surface area contributed by atoms with Crippen LogP contribution < -0.4 is 13.7 Å². The van der Waals surface area contributed by atoms with Crippen molar-refractivity contribution in [2.24, 2.45) is 5.92 Å². The highest BCUT2D eigenvalue weighted by molar-refractivity contribution is 7.91. The van der Waals surface area contributed by atoms with Crippen LogP contribution in [0.5, 0.6) is 5.75 Å². The van der Waals surface area contributed by atoms with Gasteiger partial charge in [0.2, 0.25) is 15.9 Å². The molecular weight excluding hydrogens is 394 g/mol. The molecule has 27 heavy (non-hydrogen) atoms. The highest BCUT2D eigenvalue weighted by Crippen LogP contribution is 2.34. The van der Waals surface area contributed by atoms with E-state index in [-0.39, 0.29) is 23.4 Å². The third-order valence-corrected chi connectivity index (χ3v) is 6.80. The molecule has 3 rings (SSSR count). The molecule has 0 amide bonds. The van der Waals surface area contributed by atoms with E-state index in [1.807, 2.05) is 4.72 Å². The Balaban J connectivity index is 1.79. The number of phenols is 1. The van der Waals surface area contributed by atoms with Gasteiger partial charge in [0, 0.05) is 6.04 Å². The lowest BCUT2D eigenvalue weighted by atomic mass is 9.81. The largest absolute Gasteiger partial charge is 0.506 e. The highest BCUT2D eigenvalue weighted by atomic mass is 32.2. The SMILES string of the molecule is CS(=O)(=O)NC1CCCCC1Cc1ccc(N2C=C(O)NS2(=O)=O)c(O)c1. The maximum atomic E-state index is 11.9. The van der Waals surface area contributed by atoms with E-state index in [1.54, 1.807) is 6.07 Å². The summed E-state index contributed by atoms with van der Waals surface area (Å²) in [5.41, 5.74) is 0.797. The smallest absolute Gasteiger partial charge is 0.330 e. The summed E-state index contributed by atoms with van der Waals surface area (Å²) in [5.74, 6) is -0.678. The predicted molar refractivity (Wildman–Crippen MR) is 101 cm³/mol. The fourth-order valence-corrected chi connectivity index (χ4v) is 5.58. The van der Waals surface area contributed by atoms with Crippen molar-refractivity contribution in [1.82, 2.24) is 9.44 Å². The minimum Gasteiger partial charge on any atom is -0.506 e. The molecule has 1 aliphatic heterocycles. The van der Waals surface area contributed by atoms with Crippen molar-refractivity contribution in [3.05, 3.63) is 35.8 Å². The molecule has 1 aromatic carbocycles. The quantitative estimate of drug-likeness (QED) is 0.565. The Morgan fingerprint density at radius 1 is 1.26 bits per heavy atom. The number of aliphatic hydroxyl groups excluding tert-OH is 1. The number of nitrogens with one attached hydrogen (secondary N) is 2. The van der Waals surface area contributed by atoms with Crippen LogP contribution in [-0.2, 0) is 26.7 Å².